The molecule has 6 rings (SSSR count). The number of aromatic nitrogens is 2. The van der Waals surface area contributed by atoms with Gasteiger partial charge in [0.05, 0.1) is 42.4 Å². The van der Waals surface area contributed by atoms with Gasteiger partial charge in [-0.15, -0.1) is 11.3 Å². The first-order valence-electron chi connectivity index (χ1n) is 14.4. The predicted molar refractivity (Wildman–Crippen MR) is 160 cm³/mol. The predicted octanol–water partition coefficient (Wildman–Crippen LogP) is 2.07. The van der Waals surface area contributed by atoms with Crippen molar-refractivity contribution < 1.29 is 23.0 Å². The Hall–Kier alpha value is -2.39. The van der Waals surface area contributed by atoms with Crippen molar-refractivity contribution in [1.82, 2.24) is 24.1 Å². The van der Waals surface area contributed by atoms with Crippen LogP contribution < -0.4 is 4.90 Å². The number of benzene rings is 1. The van der Waals surface area contributed by atoms with Gasteiger partial charge in [0.2, 0.25) is 10.0 Å². The summed E-state index contributed by atoms with van der Waals surface area (Å²) >= 11 is 1.71. The molecule has 2 aromatic heterocycles. The molecule has 5 heterocycles. The molecule has 3 aliphatic rings. The Bertz CT molecular complexity index is 1430. The maximum atomic E-state index is 13.0. The number of hydrogen-bond donors (Lipinski definition) is 1. The normalized spacial score (nSPS) is 20.1. The molecule has 0 amide bonds. The van der Waals surface area contributed by atoms with Gasteiger partial charge in [-0.25, -0.2) is 18.4 Å². The molecule has 1 aromatic carbocycles. The largest absolute Gasteiger partial charge is 0.508 e. The molecule has 1 N–H and O–H groups in total. The Balaban J connectivity index is 1.12. The molecule has 0 spiro atoms. The molecule has 3 aromatic rings. The molecule has 3 aliphatic heterocycles. The van der Waals surface area contributed by atoms with Crippen molar-refractivity contribution in [3.8, 4) is 17.1 Å². The highest BCUT2D eigenvalue weighted by Gasteiger charge is 2.28. The number of anilines is 1. The van der Waals surface area contributed by atoms with Crippen LogP contribution in [0, 0.1) is 0 Å². The lowest BCUT2D eigenvalue weighted by atomic mass is 10.2. The summed E-state index contributed by atoms with van der Waals surface area (Å²) < 4.78 is 39.6. The number of ether oxygens (including phenoxy) is 2. The third-order valence-electron chi connectivity index (χ3n) is 7.90. The fraction of sp³-hybridized carbons (Fsp3) is 0.571. The van der Waals surface area contributed by atoms with Gasteiger partial charge >= 0.3 is 0 Å². The van der Waals surface area contributed by atoms with E-state index in [1.54, 1.807) is 33.8 Å². The van der Waals surface area contributed by atoms with E-state index in [-0.39, 0.29) is 11.5 Å². The summed E-state index contributed by atoms with van der Waals surface area (Å²) in [5.74, 6) is 1.88. The number of sulfonamides is 1. The number of aromatic hydroxyl groups is 1. The number of piperazine rings is 1. The van der Waals surface area contributed by atoms with Gasteiger partial charge in [0.1, 0.15) is 5.75 Å². The van der Waals surface area contributed by atoms with Crippen LogP contribution in [0.5, 0.6) is 5.75 Å². The Morgan fingerprint density at radius 3 is 2.34 bits per heavy atom. The van der Waals surface area contributed by atoms with E-state index in [0.717, 1.165) is 74.1 Å². The Morgan fingerprint density at radius 1 is 0.878 bits per heavy atom. The number of morpholine rings is 2. The zero-order valence-electron chi connectivity index (χ0n) is 23.3. The van der Waals surface area contributed by atoms with E-state index in [1.165, 1.54) is 4.88 Å². The van der Waals surface area contributed by atoms with E-state index >= 15 is 0 Å². The average Bonchev–Trinajstić information content (AvgIpc) is 3.40. The molecule has 3 fully saturated rings. The first-order chi connectivity index (χ1) is 19.9. The van der Waals surface area contributed by atoms with Gasteiger partial charge in [-0.3, -0.25) is 9.80 Å². The summed E-state index contributed by atoms with van der Waals surface area (Å²) in [5, 5.41) is 10.0. The number of rotatable bonds is 9. The minimum absolute atomic E-state index is 0.184. The standard InChI is InChI=1S/C28H38N6O5S2/c35-23-4-1-3-22(19-23)27-29-25-20-24(40-26(25)28(30-27)33-12-16-39-17-13-33)21-32-6-8-34(9-7-32)41(36,37)18-2-5-31-10-14-38-15-11-31/h1,3-4,19-20,35H,2,5-18,21H2. The molecule has 11 nitrogen and oxygen atoms in total. The van der Waals surface area contributed by atoms with Crippen molar-refractivity contribution in [2.45, 2.75) is 13.0 Å². The molecular formula is C28H38N6O5S2. The van der Waals surface area contributed by atoms with E-state index in [2.05, 4.69) is 20.8 Å². The van der Waals surface area contributed by atoms with Crippen LogP contribution in [0.3, 0.4) is 0 Å². The van der Waals surface area contributed by atoms with Gasteiger partial charge < -0.3 is 19.5 Å². The second kappa shape index (κ2) is 12.9. The second-order valence-corrected chi connectivity index (χ2v) is 14.0. The van der Waals surface area contributed by atoms with Crippen molar-refractivity contribution in [2.24, 2.45) is 0 Å². The summed E-state index contributed by atoms with van der Waals surface area (Å²) in [7, 11) is -3.25. The third-order valence-corrected chi connectivity index (χ3v) is 11.0. The zero-order chi connectivity index (χ0) is 28.2. The lowest BCUT2D eigenvalue weighted by Gasteiger charge is -2.34. The summed E-state index contributed by atoms with van der Waals surface area (Å²) in [4.78, 5) is 17.9. The van der Waals surface area contributed by atoms with E-state index in [0.29, 0.717) is 51.6 Å². The zero-order valence-corrected chi connectivity index (χ0v) is 24.9. The van der Waals surface area contributed by atoms with E-state index in [4.69, 9.17) is 19.4 Å². The van der Waals surface area contributed by atoms with Crippen LogP contribution in [-0.2, 0) is 26.0 Å². The molecule has 41 heavy (non-hydrogen) atoms. The van der Waals surface area contributed by atoms with Crippen LogP contribution in [0.2, 0.25) is 0 Å². The molecule has 13 heteroatoms. The Labute approximate surface area is 245 Å². The second-order valence-electron chi connectivity index (χ2n) is 10.7. The number of phenols is 1. The van der Waals surface area contributed by atoms with Gasteiger partial charge in [-0.1, -0.05) is 12.1 Å². The van der Waals surface area contributed by atoms with Crippen molar-refractivity contribution in [1.29, 1.82) is 0 Å². The Morgan fingerprint density at radius 2 is 1.61 bits per heavy atom. The number of fused-ring (bicyclic) bond motifs is 1. The minimum Gasteiger partial charge on any atom is -0.508 e. The lowest BCUT2D eigenvalue weighted by Crippen LogP contribution is -2.49. The molecule has 0 radical (unpaired) electrons. The van der Waals surface area contributed by atoms with Crippen LogP contribution in [0.15, 0.2) is 30.3 Å². The first kappa shape index (κ1) is 28.7. The quantitative estimate of drug-likeness (QED) is 0.391. The maximum absolute atomic E-state index is 13.0. The van der Waals surface area contributed by atoms with Crippen LogP contribution in [0.4, 0.5) is 5.82 Å². The highest BCUT2D eigenvalue weighted by atomic mass is 32.2. The van der Waals surface area contributed by atoms with E-state index in [1.807, 2.05) is 6.07 Å². The molecule has 3 saturated heterocycles. The van der Waals surface area contributed by atoms with Crippen LogP contribution in [0.25, 0.3) is 21.6 Å². The van der Waals surface area contributed by atoms with Gasteiger partial charge in [-0.2, -0.15) is 4.31 Å². The molecule has 0 saturated carbocycles. The molecule has 0 atom stereocenters. The van der Waals surface area contributed by atoms with Crippen molar-refractivity contribution in [2.75, 3.05) is 96.0 Å². The summed E-state index contributed by atoms with van der Waals surface area (Å²) in [6.07, 6.45) is 0.654. The van der Waals surface area contributed by atoms with Crippen molar-refractivity contribution in [3.05, 3.63) is 35.2 Å². The Kier molecular flexibility index (Phi) is 9.01. The smallest absolute Gasteiger partial charge is 0.214 e. The summed E-state index contributed by atoms with van der Waals surface area (Å²) in [6.45, 7) is 10.1. The molecule has 0 aliphatic carbocycles. The fourth-order valence-electron chi connectivity index (χ4n) is 5.62. The third kappa shape index (κ3) is 6.99. The van der Waals surface area contributed by atoms with Crippen LogP contribution in [0.1, 0.15) is 11.3 Å². The lowest BCUT2D eigenvalue weighted by molar-refractivity contribution is 0.0380. The highest BCUT2D eigenvalue weighted by molar-refractivity contribution is 7.89. The number of hydrogen-bond acceptors (Lipinski definition) is 11. The van der Waals surface area contributed by atoms with E-state index in [9.17, 15) is 13.5 Å². The maximum Gasteiger partial charge on any atom is 0.214 e. The van der Waals surface area contributed by atoms with Crippen molar-refractivity contribution >= 4 is 37.4 Å². The van der Waals surface area contributed by atoms with Crippen LogP contribution >= 0.6 is 11.3 Å². The minimum atomic E-state index is -3.25. The fourth-order valence-corrected chi connectivity index (χ4v) is 8.24. The first-order valence-corrected chi connectivity index (χ1v) is 16.8. The SMILES string of the molecule is O=S(=O)(CCCN1CCOCC1)N1CCN(Cc2cc3nc(-c4cccc(O)c4)nc(N4CCOCC4)c3s2)CC1. The van der Waals surface area contributed by atoms with Crippen molar-refractivity contribution in [3.63, 3.8) is 0 Å². The summed E-state index contributed by atoms with van der Waals surface area (Å²) in [6, 6.07) is 9.17. The average molecular weight is 603 g/mol. The number of phenolic OH excluding ortho intramolecular Hbond substituents is 1. The number of thiophene rings is 1. The molecular weight excluding hydrogens is 564 g/mol. The monoisotopic (exact) mass is 602 g/mol. The summed E-state index contributed by atoms with van der Waals surface area (Å²) in [5.41, 5.74) is 1.66. The van der Waals surface area contributed by atoms with Crippen LogP contribution in [-0.4, -0.2) is 129 Å². The topological polar surface area (TPSA) is 112 Å². The van der Waals surface area contributed by atoms with E-state index < -0.39 is 10.0 Å². The highest BCUT2D eigenvalue weighted by Crippen LogP contribution is 2.35. The molecule has 0 bridgehead atoms. The molecule has 0 unspecified atom stereocenters. The van der Waals surface area contributed by atoms with Gasteiger partial charge in [0.15, 0.2) is 11.6 Å². The van der Waals surface area contributed by atoms with Gasteiger partial charge in [0.25, 0.3) is 0 Å². The molecule has 222 valence electrons. The van der Waals surface area contributed by atoms with Gasteiger partial charge in [-0.05, 0) is 31.2 Å². The van der Waals surface area contributed by atoms with Gasteiger partial charge in [0, 0.05) is 69.3 Å². The number of nitrogens with zero attached hydrogens (tertiary/aromatic N) is 6.